The summed E-state index contributed by atoms with van der Waals surface area (Å²) in [7, 11) is -1.58. The molecule has 8 nitrogen and oxygen atoms in total. The summed E-state index contributed by atoms with van der Waals surface area (Å²) in [4.78, 5) is 12.5. The lowest BCUT2D eigenvalue weighted by atomic mass is 10.1. The summed E-state index contributed by atoms with van der Waals surface area (Å²) in [6.07, 6.45) is 3.97. The second-order valence-electron chi connectivity index (χ2n) is 6.94. The van der Waals surface area contributed by atoms with Crippen LogP contribution < -0.4 is 10.6 Å². The number of amides is 1. The summed E-state index contributed by atoms with van der Waals surface area (Å²) in [6.45, 7) is 3.08. The number of carbonyl (C=O) groups excluding carboxylic acids is 1. The van der Waals surface area contributed by atoms with Crippen molar-refractivity contribution in [3.63, 3.8) is 0 Å². The first kappa shape index (κ1) is 18.2. The van der Waals surface area contributed by atoms with E-state index in [-0.39, 0.29) is 23.6 Å². The average Bonchev–Trinajstić information content (AvgIpc) is 3.38. The molecule has 2 N–H and O–H groups in total. The molecule has 2 aliphatic rings. The average molecular weight is 367 g/mol. The lowest BCUT2D eigenvalue weighted by Gasteiger charge is -2.17. The molecular formula is C16H25N5O3S. The van der Waals surface area contributed by atoms with Crippen LogP contribution in [0.2, 0.25) is 0 Å². The van der Waals surface area contributed by atoms with Crippen molar-refractivity contribution in [2.75, 3.05) is 32.4 Å². The normalized spacial score (nSPS) is 24.4. The molecular weight excluding hydrogens is 342 g/mol. The van der Waals surface area contributed by atoms with Crippen molar-refractivity contribution >= 4 is 15.9 Å². The number of sulfonamides is 1. The number of hydrogen-bond acceptors (Lipinski definition) is 6. The van der Waals surface area contributed by atoms with E-state index < -0.39 is 10.0 Å². The molecule has 2 atom stereocenters. The largest absolute Gasteiger partial charge is 0.346 e. The van der Waals surface area contributed by atoms with E-state index in [1.165, 1.54) is 4.31 Å². The molecule has 0 radical (unpaired) electrons. The molecule has 9 heteroatoms. The van der Waals surface area contributed by atoms with Crippen molar-refractivity contribution < 1.29 is 13.2 Å². The van der Waals surface area contributed by atoms with Gasteiger partial charge in [0.05, 0.1) is 11.9 Å². The molecule has 2 heterocycles. The number of nitrogens with zero attached hydrogens (tertiary/aromatic N) is 3. The molecule has 0 spiro atoms. The van der Waals surface area contributed by atoms with Gasteiger partial charge in [0.25, 0.3) is 5.91 Å². The zero-order chi connectivity index (χ0) is 18.0. The molecule has 138 valence electrons. The van der Waals surface area contributed by atoms with Crippen LogP contribution in [0.5, 0.6) is 0 Å². The van der Waals surface area contributed by atoms with Crippen molar-refractivity contribution in [3.05, 3.63) is 23.5 Å². The lowest BCUT2D eigenvalue weighted by molar-refractivity contribution is 0.0926. The maximum Gasteiger partial charge on any atom is 0.272 e. The van der Waals surface area contributed by atoms with E-state index in [0.29, 0.717) is 31.2 Å². The summed E-state index contributed by atoms with van der Waals surface area (Å²) in [5, 5.41) is 13.6. The minimum atomic E-state index is -3.31. The number of aromatic nitrogens is 2. The molecule has 0 bridgehead atoms. The minimum Gasteiger partial charge on any atom is -0.346 e. The number of carbonyl (C=O) groups is 1. The quantitative estimate of drug-likeness (QED) is 0.700. The lowest BCUT2D eigenvalue weighted by Crippen LogP contribution is -2.41. The minimum absolute atomic E-state index is 0.0490. The van der Waals surface area contributed by atoms with Gasteiger partial charge in [-0.3, -0.25) is 4.79 Å². The zero-order valence-corrected chi connectivity index (χ0v) is 15.4. The van der Waals surface area contributed by atoms with Gasteiger partial charge in [0.2, 0.25) is 10.0 Å². The van der Waals surface area contributed by atoms with Gasteiger partial charge in [0.15, 0.2) is 5.69 Å². The van der Waals surface area contributed by atoms with Gasteiger partial charge in [-0.05, 0) is 43.4 Å². The van der Waals surface area contributed by atoms with E-state index in [0.717, 1.165) is 18.4 Å². The molecule has 1 saturated heterocycles. The molecule has 1 aromatic heterocycles. The molecule has 25 heavy (non-hydrogen) atoms. The molecule has 1 aliphatic heterocycles. The Labute approximate surface area is 148 Å². The van der Waals surface area contributed by atoms with Gasteiger partial charge in [0, 0.05) is 25.7 Å². The summed E-state index contributed by atoms with van der Waals surface area (Å²) < 4.78 is 26.1. The summed E-state index contributed by atoms with van der Waals surface area (Å²) in [6, 6.07) is 1.57. The van der Waals surface area contributed by atoms with Crippen molar-refractivity contribution in [2.24, 2.45) is 5.92 Å². The van der Waals surface area contributed by atoms with Gasteiger partial charge in [-0.1, -0.05) is 6.92 Å². The standard InChI is InChI=1S/C16H25N5O3S/c1-11-9-21(25(23,24)6-5-17-2)10-15(11)19-16(22)14-7-13(8-18-20-14)12-3-4-12/h7-8,11-12,15,17H,3-6,9-10H2,1-2H3,(H,19,22)/t11-,15+/m1/s1. The second kappa shape index (κ2) is 7.35. The van der Waals surface area contributed by atoms with Gasteiger partial charge < -0.3 is 10.6 Å². The van der Waals surface area contributed by atoms with Gasteiger partial charge in [-0.15, -0.1) is 5.10 Å². The summed E-state index contributed by atoms with van der Waals surface area (Å²) in [5.74, 6) is 0.320. The van der Waals surface area contributed by atoms with Crippen LogP contribution in [0, 0.1) is 5.92 Å². The Balaban J connectivity index is 1.62. The molecule has 2 fully saturated rings. The topological polar surface area (TPSA) is 104 Å². The smallest absolute Gasteiger partial charge is 0.272 e. The highest BCUT2D eigenvalue weighted by Crippen LogP contribution is 2.39. The van der Waals surface area contributed by atoms with Crippen LogP contribution in [0.1, 0.15) is 41.7 Å². The van der Waals surface area contributed by atoms with E-state index in [2.05, 4.69) is 20.8 Å². The third-order valence-electron chi connectivity index (χ3n) is 4.86. The van der Waals surface area contributed by atoms with Crippen LogP contribution in [0.3, 0.4) is 0 Å². The summed E-state index contributed by atoms with van der Waals surface area (Å²) in [5.41, 5.74) is 1.35. The number of rotatable bonds is 7. The Morgan fingerprint density at radius 1 is 1.36 bits per heavy atom. The van der Waals surface area contributed by atoms with Gasteiger partial charge in [-0.25, -0.2) is 8.42 Å². The maximum atomic E-state index is 12.5. The Hall–Kier alpha value is -1.58. The van der Waals surface area contributed by atoms with Gasteiger partial charge in [-0.2, -0.15) is 9.40 Å². The summed E-state index contributed by atoms with van der Waals surface area (Å²) >= 11 is 0. The van der Waals surface area contributed by atoms with Crippen molar-refractivity contribution in [1.82, 2.24) is 25.1 Å². The SMILES string of the molecule is CNCCS(=O)(=O)N1C[C@@H](C)[C@@H](NC(=O)c2cc(C3CC3)cnn2)C1. The fraction of sp³-hybridized carbons (Fsp3) is 0.688. The molecule has 1 saturated carbocycles. The number of nitrogens with one attached hydrogen (secondary N) is 2. The Morgan fingerprint density at radius 2 is 2.12 bits per heavy atom. The van der Waals surface area contributed by atoms with Crippen LogP contribution in [-0.2, 0) is 10.0 Å². The van der Waals surface area contributed by atoms with Crippen molar-refractivity contribution in [3.8, 4) is 0 Å². The van der Waals surface area contributed by atoms with E-state index >= 15 is 0 Å². The van der Waals surface area contributed by atoms with E-state index in [1.54, 1.807) is 19.3 Å². The van der Waals surface area contributed by atoms with E-state index in [4.69, 9.17) is 0 Å². The maximum absolute atomic E-state index is 12.5. The van der Waals surface area contributed by atoms with Gasteiger partial charge in [0.1, 0.15) is 0 Å². The highest BCUT2D eigenvalue weighted by molar-refractivity contribution is 7.89. The molecule has 1 aromatic rings. The van der Waals surface area contributed by atoms with E-state index in [9.17, 15) is 13.2 Å². The Morgan fingerprint density at radius 3 is 2.80 bits per heavy atom. The van der Waals surface area contributed by atoms with Crippen LogP contribution >= 0.6 is 0 Å². The monoisotopic (exact) mass is 367 g/mol. The molecule has 3 rings (SSSR count). The van der Waals surface area contributed by atoms with E-state index in [1.807, 2.05) is 6.92 Å². The van der Waals surface area contributed by atoms with Crippen molar-refractivity contribution in [1.29, 1.82) is 0 Å². The first-order valence-electron chi connectivity index (χ1n) is 8.66. The van der Waals surface area contributed by atoms with Crippen LogP contribution in [-0.4, -0.2) is 67.3 Å². The highest BCUT2D eigenvalue weighted by atomic mass is 32.2. The van der Waals surface area contributed by atoms with Crippen molar-refractivity contribution in [2.45, 2.75) is 31.7 Å². The second-order valence-corrected chi connectivity index (χ2v) is 9.03. The third kappa shape index (κ3) is 4.34. The number of hydrogen-bond donors (Lipinski definition) is 2. The zero-order valence-electron chi connectivity index (χ0n) is 14.6. The first-order chi connectivity index (χ1) is 11.9. The molecule has 0 aromatic carbocycles. The highest BCUT2D eigenvalue weighted by Gasteiger charge is 2.37. The molecule has 1 amide bonds. The fourth-order valence-corrected chi connectivity index (χ4v) is 4.64. The fourth-order valence-electron chi connectivity index (χ4n) is 3.07. The van der Waals surface area contributed by atoms with Gasteiger partial charge >= 0.3 is 0 Å². The van der Waals surface area contributed by atoms with Crippen LogP contribution in [0.25, 0.3) is 0 Å². The molecule has 0 unspecified atom stereocenters. The third-order valence-corrected chi connectivity index (χ3v) is 6.66. The predicted molar refractivity (Wildman–Crippen MR) is 93.7 cm³/mol. The predicted octanol–water partition coefficient (Wildman–Crippen LogP) is -0.0467. The molecule has 1 aliphatic carbocycles. The van der Waals surface area contributed by atoms with Crippen LogP contribution in [0.15, 0.2) is 12.3 Å². The van der Waals surface area contributed by atoms with Crippen LogP contribution in [0.4, 0.5) is 0 Å². The Bertz CT molecular complexity index is 735. The first-order valence-corrected chi connectivity index (χ1v) is 10.3. The Kier molecular flexibility index (Phi) is 5.35.